The maximum atomic E-state index is 12.9. The normalized spacial score (nSPS) is 24.8. The second kappa shape index (κ2) is 6.03. The van der Waals surface area contributed by atoms with E-state index < -0.39 is 0 Å². The Morgan fingerprint density at radius 1 is 1.43 bits per heavy atom. The van der Waals surface area contributed by atoms with Crippen LogP contribution in [0, 0.1) is 5.92 Å². The van der Waals surface area contributed by atoms with Gasteiger partial charge in [0.2, 0.25) is 5.91 Å². The second-order valence-corrected chi connectivity index (χ2v) is 5.63. The van der Waals surface area contributed by atoms with E-state index in [1.54, 1.807) is 7.11 Å². The molecule has 1 fully saturated rings. The van der Waals surface area contributed by atoms with Gasteiger partial charge in [-0.1, -0.05) is 0 Å². The third-order valence-corrected chi connectivity index (χ3v) is 4.44. The SMILES string of the molecule is CNC1COCC1C(=O)N1CCCc2cc(OC)ccc21. The maximum Gasteiger partial charge on any atom is 0.234 e. The minimum Gasteiger partial charge on any atom is -0.497 e. The van der Waals surface area contributed by atoms with Gasteiger partial charge in [0.05, 0.1) is 26.2 Å². The van der Waals surface area contributed by atoms with Gasteiger partial charge in [0.25, 0.3) is 0 Å². The minimum absolute atomic E-state index is 0.0944. The van der Waals surface area contributed by atoms with Crippen LogP contribution in [0.1, 0.15) is 12.0 Å². The third kappa shape index (κ3) is 2.63. The number of benzene rings is 1. The third-order valence-electron chi connectivity index (χ3n) is 4.44. The Kier molecular flexibility index (Phi) is 4.12. The molecule has 114 valence electrons. The molecule has 0 bridgehead atoms. The molecule has 0 saturated carbocycles. The summed E-state index contributed by atoms with van der Waals surface area (Å²) in [6.07, 6.45) is 1.98. The highest BCUT2D eigenvalue weighted by Gasteiger charge is 2.37. The largest absolute Gasteiger partial charge is 0.497 e. The number of hydrogen-bond donors (Lipinski definition) is 1. The summed E-state index contributed by atoms with van der Waals surface area (Å²) in [6.45, 7) is 1.90. The zero-order chi connectivity index (χ0) is 14.8. The van der Waals surface area contributed by atoms with Crippen LogP contribution >= 0.6 is 0 Å². The lowest BCUT2D eigenvalue weighted by atomic mass is 9.97. The van der Waals surface area contributed by atoms with Gasteiger partial charge >= 0.3 is 0 Å². The van der Waals surface area contributed by atoms with Gasteiger partial charge < -0.3 is 19.7 Å². The van der Waals surface area contributed by atoms with E-state index in [9.17, 15) is 4.79 Å². The van der Waals surface area contributed by atoms with E-state index in [-0.39, 0.29) is 17.9 Å². The van der Waals surface area contributed by atoms with Crippen LogP contribution in [-0.2, 0) is 16.0 Å². The molecule has 2 unspecified atom stereocenters. The van der Waals surface area contributed by atoms with Crippen LogP contribution in [0.2, 0.25) is 0 Å². The molecule has 21 heavy (non-hydrogen) atoms. The molecular formula is C16H22N2O3. The van der Waals surface area contributed by atoms with Crippen molar-refractivity contribution in [1.29, 1.82) is 0 Å². The van der Waals surface area contributed by atoms with Crippen LogP contribution in [0.25, 0.3) is 0 Å². The first kappa shape index (κ1) is 14.4. The number of carbonyl (C=O) groups excluding carboxylic acids is 1. The molecule has 5 nitrogen and oxygen atoms in total. The number of nitrogens with one attached hydrogen (secondary N) is 1. The van der Waals surface area contributed by atoms with E-state index in [1.165, 1.54) is 5.56 Å². The fraction of sp³-hybridized carbons (Fsp3) is 0.562. The van der Waals surface area contributed by atoms with Gasteiger partial charge in [-0.25, -0.2) is 0 Å². The number of methoxy groups -OCH3 is 1. The molecule has 1 amide bonds. The highest BCUT2D eigenvalue weighted by atomic mass is 16.5. The fourth-order valence-corrected chi connectivity index (χ4v) is 3.21. The molecule has 2 aliphatic heterocycles. The smallest absolute Gasteiger partial charge is 0.234 e. The molecule has 1 aromatic carbocycles. The first-order chi connectivity index (χ1) is 10.2. The molecule has 1 N–H and O–H groups in total. The van der Waals surface area contributed by atoms with Gasteiger partial charge in [-0.3, -0.25) is 4.79 Å². The lowest BCUT2D eigenvalue weighted by molar-refractivity contribution is -0.122. The highest BCUT2D eigenvalue weighted by molar-refractivity contribution is 5.97. The van der Waals surface area contributed by atoms with Crippen LogP contribution < -0.4 is 15.0 Å². The van der Waals surface area contributed by atoms with Crippen molar-refractivity contribution in [1.82, 2.24) is 5.32 Å². The van der Waals surface area contributed by atoms with Crippen LogP contribution in [0.5, 0.6) is 5.75 Å². The van der Waals surface area contributed by atoms with Crippen LogP contribution in [-0.4, -0.2) is 45.9 Å². The summed E-state index contributed by atoms with van der Waals surface area (Å²) in [5, 5.41) is 3.18. The van der Waals surface area contributed by atoms with Crippen molar-refractivity contribution in [3.05, 3.63) is 23.8 Å². The quantitative estimate of drug-likeness (QED) is 0.909. The van der Waals surface area contributed by atoms with Gasteiger partial charge in [-0.2, -0.15) is 0 Å². The summed E-state index contributed by atoms with van der Waals surface area (Å²) in [5.74, 6) is 0.918. The first-order valence-corrected chi connectivity index (χ1v) is 7.48. The van der Waals surface area contributed by atoms with E-state index in [2.05, 4.69) is 5.32 Å². The number of likely N-dealkylation sites (N-methyl/N-ethyl adjacent to an activating group) is 1. The van der Waals surface area contributed by atoms with Gasteiger partial charge in [-0.15, -0.1) is 0 Å². The second-order valence-electron chi connectivity index (χ2n) is 5.63. The monoisotopic (exact) mass is 290 g/mol. The number of nitrogens with zero attached hydrogens (tertiary/aromatic N) is 1. The van der Waals surface area contributed by atoms with Crippen molar-refractivity contribution >= 4 is 11.6 Å². The highest BCUT2D eigenvalue weighted by Crippen LogP contribution is 2.32. The van der Waals surface area contributed by atoms with Crippen molar-refractivity contribution in [3.63, 3.8) is 0 Å². The molecule has 2 atom stereocenters. The van der Waals surface area contributed by atoms with Crippen molar-refractivity contribution in [2.24, 2.45) is 5.92 Å². The predicted octanol–water partition coefficient (Wildman–Crippen LogP) is 1.21. The average molecular weight is 290 g/mol. The minimum atomic E-state index is -0.0944. The predicted molar refractivity (Wildman–Crippen MR) is 80.8 cm³/mol. The van der Waals surface area contributed by atoms with Crippen LogP contribution in [0.4, 0.5) is 5.69 Å². The zero-order valence-electron chi connectivity index (χ0n) is 12.6. The molecule has 3 rings (SSSR count). The summed E-state index contributed by atoms with van der Waals surface area (Å²) >= 11 is 0. The fourth-order valence-electron chi connectivity index (χ4n) is 3.21. The molecule has 0 aliphatic carbocycles. The first-order valence-electron chi connectivity index (χ1n) is 7.48. The van der Waals surface area contributed by atoms with E-state index in [0.29, 0.717) is 13.2 Å². The number of amides is 1. The molecule has 2 heterocycles. The van der Waals surface area contributed by atoms with E-state index in [1.807, 2.05) is 30.1 Å². The van der Waals surface area contributed by atoms with Crippen LogP contribution in [0.3, 0.4) is 0 Å². The van der Waals surface area contributed by atoms with Gasteiger partial charge in [0.15, 0.2) is 0 Å². The molecule has 0 radical (unpaired) electrons. The Hall–Kier alpha value is -1.59. The Bertz CT molecular complexity index is 532. The number of hydrogen-bond acceptors (Lipinski definition) is 4. The topological polar surface area (TPSA) is 50.8 Å². The molecular weight excluding hydrogens is 268 g/mol. The Labute approximate surface area is 125 Å². The number of aryl methyl sites for hydroxylation is 1. The zero-order valence-corrected chi connectivity index (χ0v) is 12.6. The molecule has 1 aromatic rings. The van der Waals surface area contributed by atoms with Gasteiger partial charge in [0.1, 0.15) is 5.75 Å². The Morgan fingerprint density at radius 3 is 3.05 bits per heavy atom. The van der Waals surface area contributed by atoms with Crippen LogP contribution in [0.15, 0.2) is 18.2 Å². The van der Waals surface area contributed by atoms with Crippen molar-refractivity contribution in [2.75, 3.05) is 38.8 Å². The molecule has 0 aromatic heterocycles. The Balaban J connectivity index is 1.86. The van der Waals surface area contributed by atoms with Gasteiger partial charge in [-0.05, 0) is 43.7 Å². The van der Waals surface area contributed by atoms with E-state index in [0.717, 1.165) is 30.8 Å². The number of anilines is 1. The van der Waals surface area contributed by atoms with Crippen molar-refractivity contribution < 1.29 is 14.3 Å². The Morgan fingerprint density at radius 2 is 2.29 bits per heavy atom. The van der Waals surface area contributed by atoms with Gasteiger partial charge in [0, 0.05) is 18.3 Å². The van der Waals surface area contributed by atoms with E-state index in [4.69, 9.17) is 9.47 Å². The maximum absolute atomic E-state index is 12.9. The molecule has 5 heteroatoms. The summed E-state index contributed by atoms with van der Waals surface area (Å²) in [6, 6.07) is 6.07. The number of fused-ring (bicyclic) bond motifs is 1. The number of ether oxygens (including phenoxy) is 2. The average Bonchev–Trinajstić information content (AvgIpc) is 3.01. The van der Waals surface area contributed by atoms with Crippen molar-refractivity contribution in [2.45, 2.75) is 18.9 Å². The number of rotatable bonds is 3. The van der Waals surface area contributed by atoms with E-state index >= 15 is 0 Å². The molecule has 2 aliphatic rings. The standard InChI is InChI=1S/C16H22N2O3/c1-17-14-10-21-9-13(14)16(19)18-7-3-4-11-8-12(20-2)5-6-15(11)18/h5-6,8,13-14,17H,3-4,7,9-10H2,1-2H3. The molecule has 1 saturated heterocycles. The summed E-state index contributed by atoms with van der Waals surface area (Å²) < 4.78 is 10.7. The lowest BCUT2D eigenvalue weighted by Crippen LogP contribution is -2.46. The summed E-state index contributed by atoms with van der Waals surface area (Å²) in [7, 11) is 3.55. The summed E-state index contributed by atoms with van der Waals surface area (Å²) in [4.78, 5) is 14.8. The lowest BCUT2D eigenvalue weighted by Gasteiger charge is -2.32. The van der Waals surface area contributed by atoms with Crippen molar-refractivity contribution in [3.8, 4) is 5.75 Å². The summed E-state index contributed by atoms with van der Waals surface area (Å²) in [5.41, 5.74) is 2.21. The number of carbonyl (C=O) groups is 1. The molecule has 0 spiro atoms.